The van der Waals surface area contributed by atoms with Crippen molar-refractivity contribution in [2.24, 2.45) is 0 Å². The zero-order chi connectivity index (χ0) is 9.40. The number of likely N-dealkylation sites (tertiary alicyclic amines) is 1. The van der Waals surface area contributed by atoms with E-state index in [-0.39, 0.29) is 6.61 Å². The van der Waals surface area contributed by atoms with E-state index in [0.29, 0.717) is 12.7 Å². The minimum absolute atomic E-state index is 0.139. The molecule has 0 aromatic carbocycles. The highest BCUT2D eigenvalue weighted by atomic mass is 16.5. The van der Waals surface area contributed by atoms with Gasteiger partial charge in [0.15, 0.2) is 0 Å². The van der Waals surface area contributed by atoms with Gasteiger partial charge >= 0.3 is 0 Å². The lowest BCUT2D eigenvalue weighted by atomic mass is 10.3. The predicted molar refractivity (Wildman–Crippen MR) is 50.3 cm³/mol. The molecule has 3 heteroatoms. The third-order valence-electron chi connectivity index (χ3n) is 1.79. The second-order valence-corrected chi connectivity index (χ2v) is 2.77. The summed E-state index contributed by atoms with van der Waals surface area (Å²) in [5.41, 5.74) is 0. The van der Waals surface area contributed by atoms with Gasteiger partial charge in [-0.3, -0.25) is 0 Å². The van der Waals surface area contributed by atoms with Crippen LogP contribution in [0.25, 0.3) is 0 Å². The first-order valence-electron chi connectivity index (χ1n) is 4.74. The van der Waals surface area contributed by atoms with Crippen LogP contribution >= 0.6 is 0 Å². The van der Waals surface area contributed by atoms with Gasteiger partial charge in [-0.25, -0.2) is 0 Å². The number of aliphatic hydroxyl groups excluding tert-OH is 1. The summed E-state index contributed by atoms with van der Waals surface area (Å²) >= 11 is 0. The first kappa shape index (κ1) is 11.9. The van der Waals surface area contributed by atoms with Crippen molar-refractivity contribution in [1.82, 2.24) is 4.90 Å². The van der Waals surface area contributed by atoms with Crippen molar-refractivity contribution < 1.29 is 9.84 Å². The lowest BCUT2D eigenvalue weighted by Crippen LogP contribution is -2.20. The maximum Gasteiger partial charge on any atom is 0.0715 e. The summed E-state index contributed by atoms with van der Waals surface area (Å²) in [5.74, 6) is 0. The van der Waals surface area contributed by atoms with Crippen LogP contribution in [0.3, 0.4) is 0 Å². The van der Waals surface area contributed by atoms with Crippen LogP contribution in [0.5, 0.6) is 0 Å². The fourth-order valence-electron chi connectivity index (χ4n) is 1.25. The smallest absolute Gasteiger partial charge is 0.0715 e. The summed E-state index contributed by atoms with van der Waals surface area (Å²) in [4.78, 5) is 2.24. The van der Waals surface area contributed by atoms with Gasteiger partial charge in [-0.15, -0.1) is 0 Å². The molecule has 1 atom stereocenters. The minimum atomic E-state index is 0.139. The Balaban J connectivity index is 0.000000561. The lowest BCUT2D eigenvalue weighted by molar-refractivity contribution is 0.0354. The van der Waals surface area contributed by atoms with Crippen LogP contribution in [-0.2, 0) is 4.74 Å². The number of likely N-dealkylation sites (N-methyl/N-ethyl adjacent to an activating group) is 1. The summed E-state index contributed by atoms with van der Waals surface area (Å²) in [6.07, 6.45) is 1.47. The molecule has 12 heavy (non-hydrogen) atoms. The number of ether oxygens (including phenoxy) is 1. The van der Waals surface area contributed by atoms with Crippen LogP contribution in [0.4, 0.5) is 0 Å². The third-order valence-corrected chi connectivity index (χ3v) is 1.79. The fourth-order valence-corrected chi connectivity index (χ4v) is 1.25. The van der Waals surface area contributed by atoms with E-state index in [2.05, 4.69) is 11.9 Å². The maximum absolute atomic E-state index is 8.45. The molecule has 1 heterocycles. The molecule has 74 valence electrons. The van der Waals surface area contributed by atoms with E-state index in [9.17, 15) is 0 Å². The van der Waals surface area contributed by atoms with Crippen LogP contribution in [0.2, 0.25) is 0 Å². The van der Waals surface area contributed by atoms with E-state index < -0.39 is 0 Å². The lowest BCUT2D eigenvalue weighted by Gasteiger charge is -2.09. The molecule has 1 unspecified atom stereocenters. The van der Waals surface area contributed by atoms with Gasteiger partial charge in [0.05, 0.1) is 19.3 Å². The van der Waals surface area contributed by atoms with Crippen LogP contribution < -0.4 is 0 Å². The molecular weight excluding hydrogens is 154 g/mol. The molecule has 1 saturated heterocycles. The van der Waals surface area contributed by atoms with Crippen molar-refractivity contribution in [1.29, 1.82) is 0 Å². The van der Waals surface area contributed by atoms with E-state index in [1.54, 1.807) is 0 Å². The Morgan fingerprint density at radius 1 is 1.50 bits per heavy atom. The molecule has 0 aromatic rings. The first-order valence-corrected chi connectivity index (χ1v) is 4.74. The van der Waals surface area contributed by atoms with Gasteiger partial charge in [0, 0.05) is 13.1 Å². The number of aliphatic hydroxyl groups is 1. The third kappa shape index (κ3) is 4.70. The van der Waals surface area contributed by atoms with E-state index in [1.807, 2.05) is 13.8 Å². The largest absolute Gasteiger partial charge is 0.394 e. The molecule has 0 saturated carbocycles. The Bertz CT molecular complexity index is 98.5. The van der Waals surface area contributed by atoms with Gasteiger partial charge in [0.2, 0.25) is 0 Å². The quantitative estimate of drug-likeness (QED) is 0.686. The second-order valence-electron chi connectivity index (χ2n) is 2.77. The van der Waals surface area contributed by atoms with Gasteiger partial charge in [-0.2, -0.15) is 0 Å². The summed E-state index contributed by atoms with van der Waals surface area (Å²) in [5, 5.41) is 8.45. The first-order chi connectivity index (χ1) is 5.83. The number of rotatable bonds is 3. The van der Waals surface area contributed by atoms with E-state index in [0.717, 1.165) is 19.5 Å². The monoisotopic (exact) mass is 175 g/mol. The predicted octanol–water partition coefficient (Wildman–Crippen LogP) is 0.726. The van der Waals surface area contributed by atoms with Crippen molar-refractivity contribution >= 4 is 0 Å². The van der Waals surface area contributed by atoms with Crippen molar-refractivity contribution in [3.63, 3.8) is 0 Å². The van der Waals surface area contributed by atoms with Gasteiger partial charge in [-0.05, 0) is 13.5 Å². The molecule has 0 aliphatic carbocycles. The molecule has 1 rings (SSSR count). The van der Waals surface area contributed by atoms with Crippen LogP contribution in [0.1, 0.15) is 20.3 Å². The van der Waals surface area contributed by atoms with E-state index in [4.69, 9.17) is 9.84 Å². The Morgan fingerprint density at radius 2 is 2.17 bits per heavy atom. The Morgan fingerprint density at radius 3 is 2.58 bits per heavy atom. The highest BCUT2D eigenvalue weighted by molar-refractivity contribution is 4.72. The van der Waals surface area contributed by atoms with E-state index in [1.165, 1.54) is 0 Å². The normalized spacial score (nSPS) is 23.5. The van der Waals surface area contributed by atoms with Gasteiger partial charge in [0.25, 0.3) is 0 Å². The average molecular weight is 175 g/mol. The SMILES string of the molecule is CC.CN1CCC(OCCO)C1. The molecule has 3 nitrogen and oxygen atoms in total. The second kappa shape index (κ2) is 7.53. The van der Waals surface area contributed by atoms with Crippen molar-refractivity contribution in [2.75, 3.05) is 33.4 Å². The van der Waals surface area contributed by atoms with Crippen molar-refractivity contribution in [2.45, 2.75) is 26.4 Å². The highest BCUT2D eigenvalue weighted by Gasteiger charge is 2.18. The standard InChI is InChI=1S/C7H15NO2.C2H6/c1-8-3-2-7(6-8)10-5-4-9;1-2/h7,9H,2-6H2,1H3;1-2H3. The molecular formula is C9H21NO2. The number of hydrogen-bond acceptors (Lipinski definition) is 3. The summed E-state index contributed by atoms with van der Waals surface area (Å²) < 4.78 is 5.33. The maximum atomic E-state index is 8.45. The molecule has 0 amide bonds. The Hall–Kier alpha value is -0.120. The fraction of sp³-hybridized carbons (Fsp3) is 1.00. The summed E-state index contributed by atoms with van der Waals surface area (Å²) in [6, 6.07) is 0. The molecule has 0 aromatic heterocycles. The molecule has 0 spiro atoms. The zero-order valence-electron chi connectivity index (χ0n) is 8.42. The molecule has 0 radical (unpaired) electrons. The number of hydrogen-bond donors (Lipinski definition) is 1. The summed E-state index contributed by atoms with van der Waals surface area (Å²) in [6.45, 7) is 6.76. The Kier molecular flexibility index (Phi) is 7.45. The average Bonchev–Trinajstić information content (AvgIpc) is 2.51. The molecule has 1 N–H and O–H groups in total. The molecule has 1 aliphatic heterocycles. The topological polar surface area (TPSA) is 32.7 Å². The minimum Gasteiger partial charge on any atom is -0.394 e. The van der Waals surface area contributed by atoms with E-state index >= 15 is 0 Å². The Labute approximate surface area is 75.3 Å². The van der Waals surface area contributed by atoms with Crippen LogP contribution in [0.15, 0.2) is 0 Å². The molecule has 0 bridgehead atoms. The number of nitrogens with zero attached hydrogens (tertiary/aromatic N) is 1. The van der Waals surface area contributed by atoms with Crippen molar-refractivity contribution in [3.8, 4) is 0 Å². The van der Waals surface area contributed by atoms with Gasteiger partial charge < -0.3 is 14.7 Å². The highest BCUT2D eigenvalue weighted by Crippen LogP contribution is 2.09. The zero-order valence-corrected chi connectivity index (χ0v) is 8.42. The molecule has 1 aliphatic rings. The van der Waals surface area contributed by atoms with Crippen LogP contribution in [-0.4, -0.2) is 49.5 Å². The van der Waals surface area contributed by atoms with Crippen molar-refractivity contribution in [3.05, 3.63) is 0 Å². The van der Waals surface area contributed by atoms with Gasteiger partial charge in [0.1, 0.15) is 0 Å². The summed E-state index contributed by atoms with van der Waals surface area (Å²) in [7, 11) is 2.09. The van der Waals surface area contributed by atoms with Gasteiger partial charge in [-0.1, -0.05) is 13.8 Å². The molecule has 1 fully saturated rings. The van der Waals surface area contributed by atoms with Crippen LogP contribution in [0, 0.1) is 0 Å².